The second-order valence-electron chi connectivity index (χ2n) is 11.7. The molecule has 6 rings (SSSR count). The molecule has 7 heteroatoms. The Balaban J connectivity index is 0.000000152. The normalized spacial score (nSPS) is 30.5. The second-order valence-corrected chi connectivity index (χ2v) is 12.9. The van der Waals surface area contributed by atoms with Crippen LogP contribution in [0.25, 0.3) is 0 Å². The van der Waals surface area contributed by atoms with Gasteiger partial charge < -0.3 is 9.80 Å². The van der Waals surface area contributed by atoms with Gasteiger partial charge in [0.05, 0.1) is 10.0 Å². The van der Waals surface area contributed by atoms with Crippen molar-refractivity contribution >= 4 is 46.6 Å². The van der Waals surface area contributed by atoms with Gasteiger partial charge in [-0.15, -0.1) is 0 Å². The number of fused-ring (bicyclic) bond motifs is 6. The summed E-state index contributed by atoms with van der Waals surface area (Å²) >= 11 is 18.4. The highest BCUT2D eigenvalue weighted by Gasteiger charge is 2.48. The highest BCUT2D eigenvalue weighted by atomic mass is 35.5. The number of rotatable bonds is 0. The monoisotopic (exact) mass is 560 g/mol. The molecule has 0 N–H and O–H groups in total. The van der Waals surface area contributed by atoms with Crippen LogP contribution >= 0.6 is 34.8 Å². The maximum absolute atomic E-state index is 11.9. The summed E-state index contributed by atoms with van der Waals surface area (Å²) in [6.07, 6.45) is 7.16. The fourth-order valence-corrected chi connectivity index (χ4v) is 8.06. The van der Waals surface area contributed by atoms with E-state index in [9.17, 15) is 9.59 Å². The van der Waals surface area contributed by atoms with Crippen molar-refractivity contribution < 1.29 is 9.59 Å². The molecule has 2 fully saturated rings. The predicted octanol–water partition coefficient (Wildman–Crippen LogP) is 6.98. The highest BCUT2D eigenvalue weighted by molar-refractivity contribution is 6.42. The molecule has 2 heterocycles. The second kappa shape index (κ2) is 9.77. The first-order chi connectivity index (χ1) is 17.5. The molecule has 2 aromatic carbocycles. The summed E-state index contributed by atoms with van der Waals surface area (Å²) in [4.78, 5) is 27.6. The molecular formula is C30H35Cl3N2O2. The van der Waals surface area contributed by atoms with Crippen molar-refractivity contribution in [3.8, 4) is 0 Å². The maximum Gasteiger partial charge on any atom is 0.222 e. The van der Waals surface area contributed by atoms with Crippen molar-refractivity contribution in [1.82, 2.24) is 9.80 Å². The average molecular weight is 562 g/mol. The van der Waals surface area contributed by atoms with E-state index >= 15 is 0 Å². The van der Waals surface area contributed by atoms with Crippen molar-refractivity contribution in [2.75, 3.05) is 14.1 Å². The van der Waals surface area contributed by atoms with Crippen molar-refractivity contribution in [3.63, 3.8) is 0 Å². The van der Waals surface area contributed by atoms with Gasteiger partial charge in [0, 0.05) is 54.9 Å². The fraction of sp³-hybridized carbons (Fsp3) is 0.533. The van der Waals surface area contributed by atoms with Crippen molar-refractivity contribution in [3.05, 3.63) is 67.7 Å². The molecule has 0 saturated carbocycles. The summed E-state index contributed by atoms with van der Waals surface area (Å²) in [5, 5.41) is 2.06. The largest absolute Gasteiger partial charge is 0.342 e. The number of amides is 2. The molecule has 2 amide bonds. The smallest absolute Gasteiger partial charge is 0.222 e. The lowest BCUT2D eigenvalue weighted by atomic mass is 9.63. The number of hydrogen-bond acceptors (Lipinski definition) is 2. The predicted molar refractivity (Wildman–Crippen MR) is 151 cm³/mol. The molecule has 4 nitrogen and oxygen atoms in total. The number of halogens is 3. The molecule has 2 aromatic rings. The third-order valence-corrected chi connectivity index (χ3v) is 10.7. The van der Waals surface area contributed by atoms with Crippen molar-refractivity contribution in [1.29, 1.82) is 0 Å². The van der Waals surface area contributed by atoms with E-state index in [1.54, 1.807) is 0 Å². The van der Waals surface area contributed by atoms with Gasteiger partial charge in [0.1, 0.15) is 0 Å². The molecule has 0 radical (unpaired) electrons. The summed E-state index contributed by atoms with van der Waals surface area (Å²) in [6, 6.07) is 10.9. The summed E-state index contributed by atoms with van der Waals surface area (Å²) < 4.78 is 0. The minimum atomic E-state index is 0.00444. The molecule has 2 unspecified atom stereocenters. The van der Waals surface area contributed by atoms with Crippen molar-refractivity contribution in [2.24, 2.45) is 0 Å². The van der Waals surface area contributed by atoms with Gasteiger partial charge in [-0.3, -0.25) is 9.59 Å². The van der Waals surface area contributed by atoms with Gasteiger partial charge in [-0.1, -0.05) is 54.7 Å². The van der Waals surface area contributed by atoms with E-state index in [1.165, 1.54) is 22.3 Å². The molecule has 37 heavy (non-hydrogen) atoms. The number of benzene rings is 2. The molecule has 4 aliphatic rings. The van der Waals surface area contributed by atoms with Crippen LogP contribution in [0.2, 0.25) is 15.1 Å². The molecular weight excluding hydrogens is 527 g/mol. The number of likely N-dealkylation sites (N-methyl/N-ethyl adjacent to an activating group) is 2. The van der Waals surface area contributed by atoms with E-state index in [0.29, 0.717) is 28.9 Å². The Bertz CT molecular complexity index is 1260. The lowest BCUT2D eigenvalue weighted by molar-refractivity contribution is -0.138. The van der Waals surface area contributed by atoms with E-state index < -0.39 is 0 Å². The number of nitrogens with zero attached hydrogens (tertiary/aromatic N) is 2. The van der Waals surface area contributed by atoms with Gasteiger partial charge in [-0.25, -0.2) is 0 Å². The Kier molecular flexibility index (Phi) is 7.09. The van der Waals surface area contributed by atoms with Crippen LogP contribution < -0.4 is 0 Å². The van der Waals surface area contributed by atoms with E-state index in [-0.39, 0.29) is 28.7 Å². The summed E-state index contributed by atoms with van der Waals surface area (Å²) in [7, 11) is 3.87. The molecule has 198 valence electrons. The first kappa shape index (κ1) is 26.8. The molecule has 4 atom stereocenters. The number of carbonyl (C=O) groups is 2. The van der Waals surface area contributed by atoms with Crippen LogP contribution in [0.3, 0.4) is 0 Å². The van der Waals surface area contributed by atoms with Crippen LogP contribution in [0.1, 0.15) is 74.6 Å². The van der Waals surface area contributed by atoms with E-state index in [1.807, 2.05) is 42.1 Å². The van der Waals surface area contributed by atoms with Gasteiger partial charge in [0.15, 0.2) is 0 Å². The molecule has 2 aliphatic carbocycles. The third kappa shape index (κ3) is 4.47. The summed E-state index contributed by atoms with van der Waals surface area (Å²) in [5.41, 5.74) is 5.42. The van der Waals surface area contributed by atoms with Crippen LogP contribution in [-0.4, -0.2) is 47.8 Å². The number of carbonyl (C=O) groups excluding carboxylic acids is 2. The van der Waals surface area contributed by atoms with Gasteiger partial charge in [0.25, 0.3) is 0 Å². The Morgan fingerprint density at radius 3 is 1.76 bits per heavy atom. The van der Waals surface area contributed by atoms with Gasteiger partial charge in [-0.05, 0) is 85.0 Å². The Morgan fingerprint density at radius 2 is 1.19 bits per heavy atom. The molecule has 2 saturated heterocycles. The zero-order chi connectivity index (χ0) is 26.7. The zero-order valence-corrected chi connectivity index (χ0v) is 24.3. The molecule has 0 bridgehead atoms. The van der Waals surface area contributed by atoms with Crippen molar-refractivity contribution in [2.45, 2.75) is 88.1 Å². The third-order valence-electron chi connectivity index (χ3n) is 9.73. The number of piperidine rings is 2. The van der Waals surface area contributed by atoms with E-state index in [2.05, 4.69) is 26.0 Å². The minimum Gasteiger partial charge on any atom is -0.342 e. The minimum absolute atomic E-state index is 0.00444. The lowest BCUT2D eigenvalue weighted by Crippen LogP contribution is -2.56. The Labute approximate surface area is 235 Å². The first-order valence-electron chi connectivity index (χ1n) is 13.2. The number of likely N-dealkylation sites (tertiary alicyclic amines) is 2. The van der Waals surface area contributed by atoms with Crippen LogP contribution in [0, 0.1) is 0 Å². The molecule has 0 aromatic heterocycles. The van der Waals surface area contributed by atoms with Crippen LogP contribution in [-0.2, 0) is 33.3 Å². The lowest BCUT2D eigenvalue weighted by Gasteiger charge is -2.50. The quantitative estimate of drug-likeness (QED) is 0.348. The Hall–Kier alpha value is -1.75. The SMILES string of the molecule is CN1C(=O)CCC2(C)c3ccc(Cl)cc3CCC12.CN1C(=O)CC[C@]2(C)c3cc(Cl)c(Cl)cc3CC[C@@H]12. The fourth-order valence-electron chi connectivity index (χ4n) is 7.51. The standard InChI is InChI=1S/C15H17Cl2NO.C15H18ClNO/c1-15-6-5-14(19)18(2)13(15)4-3-9-7-11(16)12(17)8-10(9)15;1-15-8-7-14(18)17(2)13(15)6-3-10-9-11(16)4-5-12(10)15/h7-8,13H,3-6H2,1-2H3;4-5,9,13H,3,6-8H2,1-2H3/t13-,15-;/m1./s1. The van der Waals surface area contributed by atoms with Gasteiger partial charge in [-0.2, -0.15) is 0 Å². The number of aryl methyl sites for hydroxylation is 2. The first-order valence-corrected chi connectivity index (χ1v) is 14.4. The highest BCUT2D eigenvalue weighted by Crippen LogP contribution is 2.48. The summed E-state index contributed by atoms with van der Waals surface area (Å²) in [6.45, 7) is 4.55. The Morgan fingerprint density at radius 1 is 0.703 bits per heavy atom. The van der Waals surface area contributed by atoms with Crippen LogP contribution in [0.4, 0.5) is 0 Å². The van der Waals surface area contributed by atoms with E-state index in [0.717, 1.165) is 43.5 Å². The molecule has 0 spiro atoms. The topological polar surface area (TPSA) is 40.6 Å². The van der Waals surface area contributed by atoms with Crippen LogP contribution in [0.15, 0.2) is 30.3 Å². The maximum atomic E-state index is 11.9. The summed E-state index contributed by atoms with van der Waals surface area (Å²) in [5.74, 6) is 0.542. The van der Waals surface area contributed by atoms with Gasteiger partial charge >= 0.3 is 0 Å². The van der Waals surface area contributed by atoms with Crippen LogP contribution in [0.5, 0.6) is 0 Å². The molecule has 2 aliphatic heterocycles. The van der Waals surface area contributed by atoms with Gasteiger partial charge in [0.2, 0.25) is 11.8 Å². The average Bonchev–Trinajstić information content (AvgIpc) is 2.86. The zero-order valence-electron chi connectivity index (χ0n) is 22.0. The number of hydrogen-bond donors (Lipinski definition) is 0. The van der Waals surface area contributed by atoms with E-state index in [4.69, 9.17) is 34.8 Å².